The third-order valence-corrected chi connectivity index (χ3v) is 5.46. The van der Waals surface area contributed by atoms with Gasteiger partial charge in [0.15, 0.2) is 5.16 Å². The van der Waals surface area contributed by atoms with Gasteiger partial charge in [-0.15, -0.1) is 0 Å². The Kier molecular flexibility index (Phi) is 4.17. The quantitative estimate of drug-likeness (QED) is 0.515. The molecule has 1 aromatic carbocycles. The number of imide groups is 1. The Hall–Kier alpha value is -2.41. The largest absolute Gasteiger partial charge is 0.301 e. The molecule has 2 heterocycles. The van der Waals surface area contributed by atoms with Crippen LogP contribution in [0.25, 0.3) is 0 Å². The summed E-state index contributed by atoms with van der Waals surface area (Å²) in [5, 5.41) is 0.558. The number of aromatic nitrogens is 2. The first kappa shape index (κ1) is 16.1. The van der Waals surface area contributed by atoms with Crippen LogP contribution < -0.4 is 5.56 Å². The zero-order chi connectivity index (χ0) is 17.4. The molecule has 1 N–H and O–H groups in total. The summed E-state index contributed by atoms with van der Waals surface area (Å²) in [5.41, 5.74) is 2.54. The molecule has 7 heteroatoms. The van der Waals surface area contributed by atoms with Crippen LogP contribution in [0.1, 0.15) is 44.8 Å². The van der Waals surface area contributed by atoms with E-state index in [1.54, 1.807) is 24.3 Å². The Bertz CT molecular complexity index is 887. The van der Waals surface area contributed by atoms with Crippen molar-refractivity contribution in [2.75, 3.05) is 12.3 Å². The fourth-order valence-electron chi connectivity index (χ4n) is 3.32. The van der Waals surface area contributed by atoms with E-state index in [2.05, 4.69) is 9.97 Å². The molecule has 0 bridgehead atoms. The molecule has 128 valence electrons. The smallest absolute Gasteiger partial charge is 0.261 e. The molecule has 0 fully saturated rings. The van der Waals surface area contributed by atoms with Crippen LogP contribution in [0.2, 0.25) is 0 Å². The van der Waals surface area contributed by atoms with Gasteiger partial charge in [0, 0.05) is 17.9 Å². The van der Waals surface area contributed by atoms with Crippen molar-refractivity contribution in [3.05, 3.63) is 57.0 Å². The molecule has 1 aromatic heterocycles. The van der Waals surface area contributed by atoms with Crippen LogP contribution in [0.4, 0.5) is 0 Å². The van der Waals surface area contributed by atoms with E-state index in [0.29, 0.717) is 22.0 Å². The maximum Gasteiger partial charge on any atom is 0.261 e. The zero-order valence-corrected chi connectivity index (χ0v) is 14.4. The van der Waals surface area contributed by atoms with E-state index in [1.807, 2.05) is 0 Å². The summed E-state index contributed by atoms with van der Waals surface area (Å²) in [6.45, 7) is 0.289. The first-order chi connectivity index (χ1) is 12.1. The summed E-state index contributed by atoms with van der Waals surface area (Å²) in [7, 11) is 0. The third kappa shape index (κ3) is 2.89. The van der Waals surface area contributed by atoms with Crippen molar-refractivity contribution < 1.29 is 9.59 Å². The topological polar surface area (TPSA) is 83.1 Å². The van der Waals surface area contributed by atoms with Crippen molar-refractivity contribution in [2.45, 2.75) is 30.8 Å². The first-order valence-electron chi connectivity index (χ1n) is 8.35. The number of hydrogen-bond acceptors (Lipinski definition) is 5. The van der Waals surface area contributed by atoms with Gasteiger partial charge in [-0.3, -0.25) is 19.3 Å². The highest BCUT2D eigenvalue weighted by Gasteiger charge is 2.34. The zero-order valence-electron chi connectivity index (χ0n) is 13.6. The van der Waals surface area contributed by atoms with E-state index in [1.165, 1.54) is 16.7 Å². The first-order valence-corrected chi connectivity index (χ1v) is 9.34. The maximum absolute atomic E-state index is 12.3. The lowest BCUT2D eigenvalue weighted by Crippen LogP contribution is -2.32. The van der Waals surface area contributed by atoms with E-state index in [-0.39, 0.29) is 23.9 Å². The van der Waals surface area contributed by atoms with Gasteiger partial charge in [-0.05, 0) is 37.8 Å². The molecule has 1 aliphatic heterocycles. The van der Waals surface area contributed by atoms with E-state index in [0.717, 1.165) is 36.9 Å². The minimum atomic E-state index is -0.256. The summed E-state index contributed by atoms with van der Waals surface area (Å²) in [4.78, 5) is 45.4. The van der Waals surface area contributed by atoms with E-state index < -0.39 is 0 Å². The monoisotopic (exact) mass is 355 g/mol. The number of nitrogens with one attached hydrogen (secondary N) is 1. The maximum atomic E-state index is 12.3. The van der Waals surface area contributed by atoms with Crippen molar-refractivity contribution in [3.63, 3.8) is 0 Å². The highest BCUT2D eigenvalue weighted by molar-refractivity contribution is 7.99. The molecule has 25 heavy (non-hydrogen) atoms. The molecule has 0 saturated carbocycles. The lowest BCUT2D eigenvalue weighted by Gasteiger charge is -2.15. The standard InChI is InChI=1S/C18H17N3O3S/c22-15-13-7-3-4-8-14(13)19-18(20-15)25-10-9-21-16(23)11-5-1-2-6-12(11)17(21)24/h1-2,5-6H,3-4,7-10H2,(H,19,20,22). The minimum Gasteiger partial charge on any atom is -0.301 e. The van der Waals surface area contributed by atoms with Gasteiger partial charge in [-0.25, -0.2) is 4.98 Å². The Morgan fingerprint density at radius 3 is 2.44 bits per heavy atom. The number of fused-ring (bicyclic) bond motifs is 2. The predicted molar refractivity (Wildman–Crippen MR) is 94.0 cm³/mol. The van der Waals surface area contributed by atoms with Crippen LogP contribution in [0.15, 0.2) is 34.2 Å². The highest BCUT2D eigenvalue weighted by atomic mass is 32.2. The van der Waals surface area contributed by atoms with Gasteiger partial charge in [-0.1, -0.05) is 23.9 Å². The van der Waals surface area contributed by atoms with Crippen LogP contribution in [0, 0.1) is 0 Å². The Labute approximate surface area is 148 Å². The summed E-state index contributed by atoms with van der Waals surface area (Å²) in [6.07, 6.45) is 3.72. The molecular weight excluding hydrogens is 338 g/mol. The van der Waals surface area contributed by atoms with Crippen molar-refractivity contribution in [1.82, 2.24) is 14.9 Å². The van der Waals surface area contributed by atoms with Gasteiger partial charge in [0.1, 0.15) is 0 Å². The number of carbonyl (C=O) groups is 2. The van der Waals surface area contributed by atoms with Crippen molar-refractivity contribution >= 4 is 23.6 Å². The van der Waals surface area contributed by atoms with Gasteiger partial charge >= 0.3 is 0 Å². The predicted octanol–water partition coefficient (Wildman–Crippen LogP) is 2.04. The normalized spacial score (nSPS) is 16.1. The summed E-state index contributed by atoms with van der Waals surface area (Å²) < 4.78 is 0. The fourth-order valence-corrected chi connectivity index (χ4v) is 4.13. The van der Waals surface area contributed by atoms with Crippen LogP contribution in [-0.2, 0) is 12.8 Å². The molecule has 0 radical (unpaired) electrons. The van der Waals surface area contributed by atoms with E-state index >= 15 is 0 Å². The minimum absolute atomic E-state index is 0.0621. The number of carbonyl (C=O) groups excluding carboxylic acids is 2. The second-order valence-electron chi connectivity index (χ2n) is 6.16. The average Bonchev–Trinajstić information content (AvgIpc) is 2.87. The van der Waals surface area contributed by atoms with Gasteiger partial charge in [0.25, 0.3) is 17.4 Å². The molecule has 0 atom stereocenters. The highest BCUT2D eigenvalue weighted by Crippen LogP contribution is 2.24. The molecule has 4 rings (SSSR count). The Morgan fingerprint density at radius 1 is 1.04 bits per heavy atom. The number of H-pyrrole nitrogens is 1. The molecule has 2 aliphatic rings. The lowest BCUT2D eigenvalue weighted by atomic mass is 9.97. The average molecular weight is 355 g/mol. The van der Waals surface area contributed by atoms with Crippen molar-refractivity contribution in [3.8, 4) is 0 Å². The second kappa shape index (κ2) is 6.48. The number of aryl methyl sites for hydroxylation is 1. The van der Waals surface area contributed by atoms with Crippen LogP contribution >= 0.6 is 11.8 Å². The van der Waals surface area contributed by atoms with Gasteiger partial charge in [-0.2, -0.15) is 0 Å². The number of hydrogen-bond donors (Lipinski definition) is 1. The molecule has 2 aromatic rings. The summed E-state index contributed by atoms with van der Waals surface area (Å²) in [5.74, 6) is -0.0195. The fraction of sp³-hybridized carbons (Fsp3) is 0.333. The van der Waals surface area contributed by atoms with Crippen LogP contribution in [0.3, 0.4) is 0 Å². The number of amides is 2. The molecule has 2 amide bonds. The molecule has 0 spiro atoms. The Morgan fingerprint density at radius 2 is 1.72 bits per heavy atom. The van der Waals surface area contributed by atoms with Crippen molar-refractivity contribution in [2.24, 2.45) is 0 Å². The number of nitrogens with zero attached hydrogens (tertiary/aromatic N) is 2. The number of benzene rings is 1. The molecule has 0 unspecified atom stereocenters. The van der Waals surface area contributed by atoms with Gasteiger partial charge < -0.3 is 4.98 Å². The Balaban J connectivity index is 1.44. The lowest BCUT2D eigenvalue weighted by molar-refractivity contribution is 0.0664. The van der Waals surface area contributed by atoms with Gasteiger partial charge in [0.05, 0.1) is 16.8 Å². The molecule has 1 aliphatic carbocycles. The number of aromatic amines is 1. The SMILES string of the molecule is O=C1c2ccccc2C(=O)N1CCSc1nc2c(c(=O)[nH]1)CCCC2. The van der Waals surface area contributed by atoms with Crippen LogP contribution in [-0.4, -0.2) is 39.0 Å². The van der Waals surface area contributed by atoms with Crippen LogP contribution in [0.5, 0.6) is 0 Å². The van der Waals surface area contributed by atoms with Crippen molar-refractivity contribution in [1.29, 1.82) is 0 Å². The van der Waals surface area contributed by atoms with E-state index in [4.69, 9.17) is 0 Å². The third-order valence-electron chi connectivity index (χ3n) is 4.60. The molecule has 6 nitrogen and oxygen atoms in total. The summed E-state index contributed by atoms with van der Waals surface area (Å²) in [6, 6.07) is 6.85. The molecule has 0 saturated heterocycles. The molecular formula is C18H17N3O3S. The second-order valence-corrected chi connectivity index (χ2v) is 7.24. The number of thioether (sulfide) groups is 1. The van der Waals surface area contributed by atoms with E-state index in [9.17, 15) is 14.4 Å². The number of rotatable bonds is 4. The summed E-state index contributed by atoms with van der Waals surface area (Å²) >= 11 is 1.36. The van der Waals surface area contributed by atoms with Gasteiger partial charge in [0.2, 0.25) is 0 Å².